The van der Waals surface area contributed by atoms with Gasteiger partial charge in [0.25, 0.3) is 5.91 Å². The highest BCUT2D eigenvalue weighted by atomic mass is 79.9. The highest BCUT2D eigenvalue weighted by molar-refractivity contribution is 9.10. The molecule has 6 nitrogen and oxygen atoms in total. The minimum Gasteiger partial charge on any atom is -0.497 e. The number of aromatic nitrogens is 1. The second-order valence-corrected chi connectivity index (χ2v) is 7.54. The molecule has 30 heavy (non-hydrogen) atoms. The number of carbonyl (C=O) groups excluding carboxylic acids is 1. The number of halogens is 1. The van der Waals surface area contributed by atoms with Crippen molar-refractivity contribution in [2.75, 3.05) is 19.0 Å². The molecule has 0 fully saturated rings. The number of carbonyl (C=O) groups is 1. The number of hydrogen-bond acceptors (Lipinski definition) is 5. The molecule has 0 aliphatic carbocycles. The Bertz CT molecular complexity index is 1200. The maximum Gasteiger partial charge on any atom is 0.262 e. The van der Waals surface area contributed by atoms with E-state index in [4.69, 9.17) is 13.9 Å². The molecule has 0 spiro atoms. The molecule has 0 bridgehead atoms. The predicted molar refractivity (Wildman–Crippen MR) is 119 cm³/mol. The molecular weight excluding hydrogens is 448 g/mol. The molecule has 0 saturated heterocycles. The Hall–Kier alpha value is -3.32. The van der Waals surface area contributed by atoms with Gasteiger partial charge in [-0.1, -0.05) is 22.0 Å². The zero-order chi connectivity index (χ0) is 21.1. The van der Waals surface area contributed by atoms with Gasteiger partial charge in [0.15, 0.2) is 12.2 Å². The van der Waals surface area contributed by atoms with Gasteiger partial charge in [-0.05, 0) is 61.0 Å². The summed E-state index contributed by atoms with van der Waals surface area (Å²) in [4.78, 5) is 16.9. The first-order valence-corrected chi connectivity index (χ1v) is 10.1. The summed E-state index contributed by atoms with van der Waals surface area (Å²) in [6, 6.07) is 18.4. The van der Waals surface area contributed by atoms with Gasteiger partial charge in [0.05, 0.1) is 7.11 Å². The molecule has 3 aromatic carbocycles. The lowest BCUT2D eigenvalue weighted by Gasteiger charge is -2.11. The van der Waals surface area contributed by atoms with Gasteiger partial charge in [-0.2, -0.15) is 0 Å². The first kappa shape index (κ1) is 20.0. The molecule has 4 rings (SSSR count). The number of fused-ring (bicyclic) bond motifs is 1. The largest absolute Gasteiger partial charge is 0.497 e. The number of oxazole rings is 1. The summed E-state index contributed by atoms with van der Waals surface area (Å²) in [5.41, 5.74) is 3.71. The summed E-state index contributed by atoms with van der Waals surface area (Å²) >= 11 is 3.37. The molecule has 0 atom stereocenters. The van der Waals surface area contributed by atoms with Crippen LogP contribution < -0.4 is 14.8 Å². The number of rotatable bonds is 6. The van der Waals surface area contributed by atoms with E-state index < -0.39 is 0 Å². The lowest BCUT2D eigenvalue weighted by atomic mass is 10.1. The third-order valence-electron chi connectivity index (χ3n) is 4.62. The van der Waals surface area contributed by atoms with Crippen LogP contribution in [0.25, 0.3) is 22.6 Å². The average molecular weight is 467 g/mol. The number of amides is 1. The van der Waals surface area contributed by atoms with Gasteiger partial charge in [-0.3, -0.25) is 4.79 Å². The molecule has 7 heteroatoms. The molecule has 1 aromatic heterocycles. The SMILES string of the molecule is COc1ccc2oc(-c3cccc(NC(=O)COc4ccc(Br)cc4)c3C)nc2c1. The standard InChI is InChI=1S/C23H19BrN2O4/c1-14-18(23-26-20-12-17(28-2)10-11-21(20)30-23)4-3-5-19(14)25-22(27)13-29-16-8-6-15(24)7-9-16/h3-12H,13H2,1-2H3,(H,25,27). The fourth-order valence-corrected chi connectivity index (χ4v) is 3.28. The normalized spacial score (nSPS) is 10.8. The van der Waals surface area contributed by atoms with Crippen molar-refractivity contribution in [2.24, 2.45) is 0 Å². The number of nitrogens with one attached hydrogen (secondary N) is 1. The van der Waals surface area contributed by atoms with Gasteiger partial charge in [0, 0.05) is 21.8 Å². The lowest BCUT2D eigenvalue weighted by Crippen LogP contribution is -2.20. The molecule has 1 N–H and O–H groups in total. The average Bonchev–Trinajstić information content (AvgIpc) is 3.17. The van der Waals surface area contributed by atoms with E-state index in [0.717, 1.165) is 15.6 Å². The summed E-state index contributed by atoms with van der Waals surface area (Å²) in [6.45, 7) is 1.82. The molecule has 0 aliphatic rings. The Labute approximate surface area is 182 Å². The Kier molecular flexibility index (Phi) is 5.72. The minimum absolute atomic E-state index is 0.0893. The third kappa shape index (κ3) is 4.31. The molecule has 152 valence electrons. The highest BCUT2D eigenvalue weighted by Gasteiger charge is 2.15. The topological polar surface area (TPSA) is 73.6 Å². The second kappa shape index (κ2) is 8.59. The molecule has 1 amide bonds. The van der Waals surface area contributed by atoms with E-state index in [0.29, 0.717) is 34.2 Å². The van der Waals surface area contributed by atoms with Crippen molar-refractivity contribution in [3.63, 3.8) is 0 Å². The quantitative estimate of drug-likeness (QED) is 0.400. The van der Waals surface area contributed by atoms with Crippen LogP contribution in [0, 0.1) is 6.92 Å². The Morgan fingerprint density at radius 2 is 1.87 bits per heavy atom. The molecular formula is C23H19BrN2O4. The van der Waals surface area contributed by atoms with E-state index in [9.17, 15) is 4.79 Å². The zero-order valence-corrected chi connectivity index (χ0v) is 18.0. The van der Waals surface area contributed by atoms with Crippen molar-refractivity contribution in [1.82, 2.24) is 4.98 Å². The van der Waals surface area contributed by atoms with Gasteiger partial charge < -0.3 is 19.2 Å². The van der Waals surface area contributed by atoms with Crippen LogP contribution in [0.15, 0.2) is 69.6 Å². The van der Waals surface area contributed by atoms with E-state index >= 15 is 0 Å². The van der Waals surface area contributed by atoms with Crippen LogP contribution in [-0.4, -0.2) is 24.6 Å². The number of methoxy groups -OCH3 is 1. The fraction of sp³-hybridized carbons (Fsp3) is 0.130. The lowest BCUT2D eigenvalue weighted by molar-refractivity contribution is -0.118. The van der Waals surface area contributed by atoms with Crippen molar-refractivity contribution in [3.8, 4) is 23.0 Å². The smallest absolute Gasteiger partial charge is 0.262 e. The van der Waals surface area contributed by atoms with E-state index in [1.807, 2.05) is 55.5 Å². The van der Waals surface area contributed by atoms with Crippen LogP contribution >= 0.6 is 15.9 Å². The van der Waals surface area contributed by atoms with Crippen molar-refractivity contribution < 1.29 is 18.7 Å². The number of benzene rings is 3. The summed E-state index contributed by atoms with van der Waals surface area (Å²) in [5.74, 6) is 1.57. The summed E-state index contributed by atoms with van der Waals surface area (Å²) in [7, 11) is 1.61. The van der Waals surface area contributed by atoms with Crippen molar-refractivity contribution >= 4 is 38.6 Å². The van der Waals surface area contributed by atoms with Gasteiger partial charge in [0.1, 0.15) is 17.0 Å². The molecule has 4 aromatic rings. The van der Waals surface area contributed by atoms with E-state index in [1.54, 1.807) is 19.2 Å². The van der Waals surface area contributed by atoms with Gasteiger partial charge in [-0.25, -0.2) is 4.98 Å². The Balaban J connectivity index is 1.51. The number of hydrogen-bond donors (Lipinski definition) is 1. The minimum atomic E-state index is -0.250. The molecule has 0 saturated carbocycles. The maximum absolute atomic E-state index is 12.4. The van der Waals surface area contributed by atoms with Gasteiger partial charge >= 0.3 is 0 Å². The van der Waals surface area contributed by atoms with Gasteiger partial charge in [0.2, 0.25) is 5.89 Å². The van der Waals surface area contributed by atoms with Crippen LogP contribution in [0.1, 0.15) is 5.56 Å². The first-order chi connectivity index (χ1) is 14.5. The van der Waals surface area contributed by atoms with E-state index in [2.05, 4.69) is 26.2 Å². The fourth-order valence-electron chi connectivity index (χ4n) is 3.02. The van der Waals surface area contributed by atoms with Crippen LogP contribution in [0.4, 0.5) is 5.69 Å². The summed E-state index contributed by atoms with van der Waals surface area (Å²) < 4.78 is 17.6. The molecule has 0 aliphatic heterocycles. The third-order valence-corrected chi connectivity index (χ3v) is 5.15. The highest BCUT2D eigenvalue weighted by Crippen LogP contribution is 2.31. The molecule has 0 radical (unpaired) electrons. The van der Waals surface area contributed by atoms with Crippen LogP contribution in [0.3, 0.4) is 0 Å². The summed E-state index contributed by atoms with van der Waals surface area (Å²) in [5, 5.41) is 2.89. The Morgan fingerprint density at radius 3 is 2.63 bits per heavy atom. The molecule has 0 unspecified atom stereocenters. The van der Waals surface area contributed by atoms with Crippen LogP contribution in [0.2, 0.25) is 0 Å². The first-order valence-electron chi connectivity index (χ1n) is 9.26. The Morgan fingerprint density at radius 1 is 1.10 bits per heavy atom. The molecule has 1 heterocycles. The van der Waals surface area contributed by atoms with Crippen LogP contribution in [0.5, 0.6) is 11.5 Å². The van der Waals surface area contributed by atoms with Crippen LogP contribution in [-0.2, 0) is 4.79 Å². The summed E-state index contributed by atoms with van der Waals surface area (Å²) in [6.07, 6.45) is 0. The van der Waals surface area contributed by atoms with E-state index in [1.165, 1.54) is 0 Å². The second-order valence-electron chi connectivity index (χ2n) is 6.62. The van der Waals surface area contributed by atoms with Crippen molar-refractivity contribution in [1.29, 1.82) is 0 Å². The number of anilines is 1. The van der Waals surface area contributed by atoms with Crippen molar-refractivity contribution in [3.05, 3.63) is 70.7 Å². The van der Waals surface area contributed by atoms with Crippen molar-refractivity contribution in [2.45, 2.75) is 6.92 Å². The predicted octanol–water partition coefficient (Wildman–Crippen LogP) is 5.59. The van der Waals surface area contributed by atoms with E-state index in [-0.39, 0.29) is 12.5 Å². The van der Waals surface area contributed by atoms with Gasteiger partial charge in [-0.15, -0.1) is 0 Å². The number of nitrogens with zero attached hydrogens (tertiary/aromatic N) is 1. The maximum atomic E-state index is 12.4. The number of ether oxygens (including phenoxy) is 2. The zero-order valence-electron chi connectivity index (χ0n) is 16.4. The monoisotopic (exact) mass is 466 g/mol.